The van der Waals surface area contributed by atoms with Crippen LogP contribution in [0, 0.1) is 0 Å². The molecule has 4 heteroatoms. The molecule has 1 saturated heterocycles. The van der Waals surface area contributed by atoms with Gasteiger partial charge in [-0.1, -0.05) is 18.2 Å². The number of hydrogen-bond acceptors (Lipinski definition) is 3. The number of amides is 1. The Labute approximate surface area is 94.5 Å². The van der Waals surface area contributed by atoms with Crippen LogP contribution in [0.15, 0.2) is 24.3 Å². The molecule has 0 spiro atoms. The van der Waals surface area contributed by atoms with Gasteiger partial charge in [-0.25, -0.2) is 0 Å². The van der Waals surface area contributed by atoms with Gasteiger partial charge in [-0.3, -0.25) is 4.79 Å². The first-order chi connectivity index (χ1) is 7.63. The fraction of sp³-hybridized carbons (Fsp3) is 0.417. The molecule has 0 bridgehead atoms. The van der Waals surface area contributed by atoms with Gasteiger partial charge in [-0.05, 0) is 37.6 Å². The van der Waals surface area contributed by atoms with Crippen molar-refractivity contribution < 1.29 is 9.90 Å². The van der Waals surface area contributed by atoms with Gasteiger partial charge in [0, 0.05) is 5.56 Å². The first-order valence-corrected chi connectivity index (χ1v) is 5.46. The van der Waals surface area contributed by atoms with Gasteiger partial charge < -0.3 is 16.2 Å². The van der Waals surface area contributed by atoms with Crippen LogP contribution in [0.4, 0.5) is 0 Å². The number of primary amides is 1. The first kappa shape index (κ1) is 11.1. The van der Waals surface area contributed by atoms with E-state index in [0.717, 1.165) is 13.1 Å². The lowest BCUT2D eigenvalue weighted by molar-refractivity contribution is 0.00518. The van der Waals surface area contributed by atoms with Crippen LogP contribution in [-0.4, -0.2) is 24.1 Å². The van der Waals surface area contributed by atoms with Gasteiger partial charge in [0.15, 0.2) is 0 Å². The second kappa shape index (κ2) is 4.23. The lowest BCUT2D eigenvalue weighted by Crippen LogP contribution is -2.40. The Bertz CT molecular complexity index is 398. The molecule has 86 valence electrons. The van der Waals surface area contributed by atoms with Crippen molar-refractivity contribution in [3.63, 3.8) is 0 Å². The van der Waals surface area contributed by atoms with Gasteiger partial charge in [0.05, 0.1) is 5.60 Å². The average Bonchev–Trinajstić information content (AvgIpc) is 2.30. The molecule has 4 N–H and O–H groups in total. The molecule has 0 aromatic heterocycles. The van der Waals surface area contributed by atoms with E-state index in [1.54, 1.807) is 18.2 Å². The van der Waals surface area contributed by atoms with E-state index in [2.05, 4.69) is 5.32 Å². The molecule has 2 rings (SSSR count). The van der Waals surface area contributed by atoms with Crippen molar-refractivity contribution in [3.05, 3.63) is 35.4 Å². The van der Waals surface area contributed by atoms with E-state index < -0.39 is 11.5 Å². The van der Waals surface area contributed by atoms with E-state index in [1.807, 2.05) is 6.07 Å². The average molecular weight is 220 g/mol. The highest BCUT2D eigenvalue weighted by Crippen LogP contribution is 2.32. The summed E-state index contributed by atoms with van der Waals surface area (Å²) in [7, 11) is 0. The van der Waals surface area contributed by atoms with Crippen molar-refractivity contribution in [2.24, 2.45) is 5.73 Å². The molecule has 4 nitrogen and oxygen atoms in total. The van der Waals surface area contributed by atoms with Crippen LogP contribution in [0.3, 0.4) is 0 Å². The summed E-state index contributed by atoms with van der Waals surface area (Å²) in [6.45, 7) is 1.51. The summed E-state index contributed by atoms with van der Waals surface area (Å²) < 4.78 is 0. The topological polar surface area (TPSA) is 75.4 Å². The minimum atomic E-state index is -0.920. The predicted octanol–water partition coefficient (Wildman–Crippen LogP) is 0.356. The molecular formula is C12H16N2O2. The van der Waals surface area contributed by atoms with E-state index in [9.17, 15) is 9.90 Å². The van der Waals surface area contributed by atoms with Gasteiger partial charge in [-0.15, -0.1) is 0 Å². The number of benzene rings is 1. The highest BCUT2D eigenvalue weighted by Gasteiger charge is 2.33. The van der Waals surface area contributed by atoms with Crippen molar-refractivity contribution >= 4 is 5.91 Å². The quantitative estimate of drug-likeness (QED) is 0.673. The van der Waals surface area contributed by atoms with E-state index in [1.165, 1.54) is 0 Å². The fourth-order valence-corrected chi connectivity index (χ4v) is 2.21. The summed E-state index contributed by atoms with van der Waals surface area (Å²) in [5.74, 6) is -0.484. The van der Waals surface area contributed by atoms with Crippen LogP contribution in [0.25, 0.3) is 0 Å². The fourth-order valence-electron chi connectivity index (χ4n) is 2.21. The summed E-state index contributed by atoms with van der Waals surface area (Å²) in [4.78, 5) is 11.3. The number of carbonyl (C=O) groups excluding carboxylic acids is 1. The lowest BCUT2D eigenvalue weighted by atomic mass is 9.82. The van der Waals surface area contributed by atoms with Crippen molar-refractivity contribution in [2.45, 2.75) is 18.4 Å². The van der Waals surface area contributed by atoms with E-state index in [-0.39, 0.29) is 0 Å². The van der Waals surface area contributed by atoms with Gasteiger partial charge in [0.25, 0.3) is 0 Å². The minimum absolute atomic E-state index is 0.423. The zero-order valence-electron chi connectivity index (χ0n) is 9.07. The number of hydrogen-bond donors (Lipinski definition) is 3. The first-order valence-electron chi connectivity index (χ1n) is 5.46. The molecule has 1 fully saturated rings. The largest absolute Gasteiger partial charge is 0.385 e. The van der Waals surface area contributed by atoms with Crippen molar-refractivity contribution in [1.82, 2.24) is 5.32 Å². The molecule has 1 aromatic rings. The third-order valence-electron chi connectivity index (χ3n) is 3.12. The lowest BCUT2D eigenvalue weighted by Gasteiger charge is -2.34. The maximum Gasteiger partial charge on any atom is 0.249 e. The summed E-state index contributed by atoms with van der Waals surface area (Å²) >= 11 is 0. The number of rotatable bonds is 2. The molecular weight excluding hydrogens is 204 g/mol. The zero-order chi connectivity index (χ0) is 11.6. The van der Waals surface area contributed by atoms with Crippen LogP contribution in [-0.2, 0) is 5.60 Å². The van der Waals surface area contributed by atoms with Crippen molar-refractivity contribution in [3.8, 4) is 0 Å². The Hall–Kier alpha value is -1.39. The molecule has 0 radical (unpaired) electrons. The summed E-state index contributed by atoms with van der Waals surface area (Å²) in [6.07, 6.45) is 1.22. The van der Waals surface area contributed by atoms with Gasteiger partial charge in [0.2, 0.25) is 5.91 Å². The molecule has 0 aliphatic carbocycles. The van der Waals surface area contributed by atoms with Crippen LogP contribution >= 0.6 is 0 Å². The Morgan fingerprint density at radius 2 is 1.94 bits per heavy atom. The number of piperidine rings is 1. The molecule has 16 heavy (non-hydrogen) atoms. The Morgan fingerprint density at radius 1 is 1.31 bits per heavy atom. The molecule has 1 amide bonds. The van der Waals surface area contributed by atoms with Crippen molar-refractivity contribution in [1.29, 1.82) is 0 Å². The van der Waals surface area contributed by atoms with Gasteiger partial charge in [-0.2, -0.15) is 0 Å². The highest BCUT2D eigenvalue weighted by atomic mass is 16.3. The molecule has 1 aliphatic rings. The van der Waals surface area contributed by atoms with E-state index >= 15 is 0 Å². The molecule has 0 saturated carbocycles. The van der Waals surface area contributed by atoms with Crippen molar-refractivity contribution in [2.75, 3.05) is 13.1 Å². The van der Waals surface area contributed by atoms with E-state index in [0.29, 0.717) is 24.0 Å². The molecule has 1 heterocycles. The van der Waals surface area contributed by atoms with Crippen LogP contribution in [0.5, 0.6) is 0 Å². The molecule has 0 atom stereocenters. The zero-order valence-corrected chi connectivity index (χ0v) is 9.07. The molecule has 1 aliphatic heterocycles. The Balaban J connectivity index is 2.42. The predicted molar refractivity (Wildman–Crippen MR) is 61.0 cm³/mol. The molecule has 1 aromatic carbocycles. The maximum atomic E-state index is 11.3. The highest BCUT2D eigenvalue weighted by molar-refractivity contribution is 5.94. The molecule has 0 unspecified atom stereocenters. The number of nitrogens with two attached hydrogens (primary N) is 1. The third kappa shape index (κ3) is 1.94. The normalized spacial score (nSPS) is 19.3. The minimum Gasteiger partial charge on any atom is -0.385 e. The van der Waals surface area contributed by atoms with Crippen LogP contribution < -0.4 is 11.1 Å². The third-order valence-corrected chi connectivity index (χ3v) is 3.12. The number of carbonyl (C=O) groups is 1. The standard InChI is InChI=1S/C12H16N2O2/c13-11(15)9-3-1-2-4-10(9)12(16)5-7-14-8-6-12/h1-4,14,16H,5-8H2,(H2,13,15). The van der Waals surface area contributed by atoms with Gasteiger partial charge >= 0.3 is 0 Å². The summed E-state index contributed by atoms with van der Waals surface area (Å²) in [5.41, 5.74) is 5.47. The van der Waals surface area contributed by atoms with Crippen LogP contribution in [0.1, 0.15) is 28.8 Å². The number of nitrogens with one attached hydrogen (secondary N) is 1. The second-order valence-corrected chi connectivity index (χ2v) is 4.19. The SMILES string of the molecule is NC(=O)c1ccccc1C1(O)CCNCC1. The van der Waals surface area contributed by atoms with Gasteiger partial charge in [0.1, 0.15) is 0 Å². The maximum absolute atomic E-state index is 11.3. The van der Waals surface area contributed by atoms with Crippen LogP contribution in [0.2, 0.25) is 0 Å². The number of aliphatic hydroxyl groups is 1. The second-order valence-electron chi connectivity index (χ2n) is 4.19. The monoisotopic (exact) mass is 220 g/mol. The summed E-state index contributed by atoms with van der Waals surface area (Å²) in [5, 5.41) is 13.7. The summed E-state index contributed by atoms with van der Waals surface area (Å²) in [6, 6.07) is 7.03. The van der Waals surface area contributed by atoms with E-state index in [4.69, 9.17) is 5.73 Å². The Kier molecular flexibility index (Phi) is 2.94. The smallest absolute Gasteiger partial charge is 0.249 e. The Morgan fingerprint density at radius 3 is 2.56 bits per heavy atom.